The van der Waals surface area contributed by atoms with E-state index >= 15 is 0 Å². The van der Waals surface area contributed by atoms with E-state index in [2.05, 4.69) is 10.3 Å². The number of rotatable bonds is 3. The molecule has 0 aliphatic rings. The van der Waals surface area contributed by atoms with Crippen molar-refractivity contribution in [3.8, 4) is 11.4 Å². The normalized spacial score (nSPS) is 10.4. The van der Waals surface area contributed by atoms with Gasteiger partial charge in [0.15, 0.2) is 0 Å². The molecule has 0 bridgehead atoms. The molecule has 1 heterocycles. The van der Waals surface area contributed by atoms with Crippen LogP contribution in [0.3, 0.4) is 0 Å². The molecule has 16 heavy (non-hydrogen) atoms. The summed E-state index contributed by atoms with van der Waals surface area (Å²) in [5.41, 5.74) is 7.02. The first kappa shape index (κ1) is 10.9. The number of ether oxygens (including phenoxy) is 1. The van der Waals surface area contributed by atoms with E-state index in [9.17, 15) is 0 Å². The van der Waals surface area contributed by atoms with E-state index in [1.165, 1.54) is 0 Å². The Morgan fingerprint density at radius 2 is 2.31 bits per heavy atom. The fraction of sp³-hybridized carbons (Fsp3) is 0.200. The number of nitrogens with two attached hydrogens (primary N) is 1. The zero-order chi connectivity index (χ0) is 11.5. The summed E-state index contributed by atoms with van der Waals surface area (Å²) in [5, 5.41) is 8.41. The van der Waals surface area contributed by atoms with Gasteiger partial charge in [-0.3, -0.25) is 0 Å². The van der Waals surface area contributed by atoms with Crippen LogP contribution >= 0.6 is 11.6 Å². The molecule has 2 aromatic rings. The summed E-state index contributed by atoms with van der Waals surface area (Å²) in [6.07, 6.45) is 1.77. The highest BCUT2D eigenvalue weighted by atomic mass is 35.5. The summed E-state index contributed by atoms with van der Waals surface area (Å²) in [5.74, 6) is 0.601. The molecular weight excluding hydrogens is 228 g/mol. The van der Waals surface area contributed by atoms with Crippen molar-refractivity contribution in [3.63, 3.8) is 0 Å². The van der Waals surface area contributed by atoms with Gasteiger partial charge in [0.25, 0.3) is 0 Å². The van der Waals surface area contributed by atoms with Gasteiger partial charge in [-0.15, -0.1) is 5.10 Å². The van der Waals surface area contributed by atoms with Crippen LogP contribution in [0.2, 0.25) is 5.02 Å². The molecule has 0 aliphatic carbocycles. The summed E-state index contributed by atoms with van der Waals surface area (Å²) in [7, 11) is 1.57. The first-order valence-electron chi connectivity index (χ1n) is 4.70. The smallest absolute Gasteiger partial charge is 0.139 e. The average molecular weight is 239 g/mol. The molecular formula is C10H11ClN4O. The quantitative estimate of drug-likeness (QED) is 0.878. The summed E-state index contributed by atoms with van der Waals surface area (Å²) in [6.45, 7) is 0.366. The van der Waals surface area contributed by atoms with Crippen molar-refractivity contribution in [1.82, 2.24) is 15.0 Å². The average Bonchev–Trinajstić information content (AvgIpc) is 2.78. The number of halogens is 1. The molecule has 6 heteroatoms. The van der Waals surface area contributed by atoms with Gasteiger partial charge in [-0.05, 0) is 12.1 Å². The van der Waals surface area contributed by atoms with Crippen molar-refractivity contribution < 1.29 is 4.74 Å². The lowest BCUT2D eigenvalue weighted by Gasteiger charge is -2.05. The Kier molecular flexibility index (Phi) is 3.07. The number of hydrogen-bond donors (Lipinski definition) is 1. The van der Waals surface area contributed by atoms with E-state index in [0.717, 1.165) is 11.4 Å². The molecule has 84 valence electrons. The molecule has 2 N–H and O–H groups in total. The Hall–Kier alpha value is -1.59. The van der Waals surface area contributed by atoms with E-state index in [4.69, 9.17) is 22.1 Å². The lowest BCUT2D eigenvalue weighted by atomic mass is 10.3. The second-order valence-corrected chi connectivity index (χ2v) is 3.58. The van der Waals surface area contributed by atoms with Crippen LogP contribution in [0.25, 0.3) is 5.69 Å². The minimum Gasteiger partial charge on any atom is -0.495 e. The SMILES string of the molecule is COc1cc(-n2cc(CN)nn2)ccc1Cl. The third-order valence-corrected chi connectivity index (χ3v) is 2.46. The van der Waals surface area contributed by atoms with Gasteiger partial charge < -0.3 is 10.5 Å². The summed E-state index contributed by atoms with van der Waals surface area (Å²) in [4.78, 5) is 0. The summed E-state index contributed by atoms with van der Waals surface area (Å²) >= 11 is 5.93. The largest absolute Gasteiger partial charge is 0.495 e. The van der Waals surface area contributed by atoms with Crippen molar-refractivity contribution in [2.24, 2.45) is 5.73 Å². The van der Waals surface area contributed by atoms with Gasteiger partial charge in [-0.1, -0.05) is 16.8 Å². The van der Waals surface area contributed by atoms with Crippen LogP contribution in [-0.2, 0) is 6.54 Å². The van der Waals surface area contributed by atoms with Gasteiger partial charge >= 0.3 is 0 Å². The number of hydrogen-bond acceptors (Lipinski definition) is 4. The topological polar surface area (TPSA) is 66.0 Å². The third kappa shape index (κ3) is 2.00. The summed E-state index contributed by atoms with van der Waals surface area (Å²) < 4.78 is 6.75. The fourth-order valence-corrected chi connectivity index (χ4v) is 1.50. The second-order valence-electron chi connectivity index (χ2n) is 3.18. The predicted octanol–water partition coefficient (Wildman–Crippen LogP) is 1.39. The van der Waals surface area contributed by atoms with Crippen LogP contribution < -0.4 is 10.5 Å². The molecule has 0 saturated heterocycles. The van der Waals surface area contributed by atoms with Crippen molar-refractivity contribution >= 4 is 11.6 Å². The maximum Gasteiger partial charge on any atom is 0.139 e. The van der Waals surface area contributed by atoms with E-state index in [0.29, 0.717) is 17.3 Å². The molecule has 2 rings (SSSR count). The molecule has 1 aromatic heterocycles. The van der Waals surface area contributed by atoms with Crippen molar-refractivity contribution in [2.45, 2.75) is 6.54 Å². The Morgan fingerprint density at radius 3 is 2.94 bits per heavy atom. The van der Waals surface area contributed by atoms with Gasteiger partial charge in [0.05, 0.1) is 29.7 Å². The van der Waals surface area contributed by atoms with Gasteiger partial charge in [0.2, 0.25) is 0 Å². The first-order valence-corrected chi connectivity index (χ1v) is 5.07. The van der Waals surface area contributed by atoms with E-state index < -0.39 is 0 Å². The monoisotopic (exact) mass is 238 g/mol. The molecule has 0 amide bonds. The summed E-state index contributed by atoms with van der Waals surface area (Å²) in [6, 6.07) is 5.37. The maximum absolute atomic E-state index is 5.93. The second kappa shape index (κ2) is 4.51. The van der Waals surface area contributed by atoms with Gasteiger partial charge in [-0.25, -0.2) is 4.68 Å². The predicted molar refractivity (Wildman–Crippen MR) is 60.8 cm³/mol. The van der Waals surface area contributed by atoms with E-state index in [1.807, 2.05) is 6.07 Å². The van der Waals surface area contributed by atoms with Crippen LogP contribution in [-0.4, -0.2) is 22.1 Å². The molecule has 0 radical (unpaired) electrons. The maximum atomic E-state index is 5.93. The van der Waals surface area contributed by atoms with Crippen LogP contribution in [0.1, 0.15) is 5.69 Å². The van der Waals surface area contributed by atoms with E-state index in [-0.39, 0.29) is 0 Å². The van der Waals surface area contributed by atoms with Crippen molar-refractivity contribution in [3.05, 3.63) is 35.1 Å². The molecule has 5 nitrogen and oxygen atoms in total. The molecule has 0 spiro atoms. The number of benzene rings is 1. The minimum absolute atomic E-state index is 0.366. The van der Waals surface area contributed by atoms with Gasteiger partial charge in [0, 0.05) is 12.6 Å². The molecule has 0 saturated carbocycles. The third-order valence-electron chi connectivity index (χ3n) is 2.15. The first-order chi connectivity index (χ1) is 7.74. The highest BCUT2D eigenvalue weighted by Gasteiger charge is 2.05. The molecule has 1 aromatic carbocycles. The lowest BCUT2D eigenvalue weighted by Crippen LogP contribution is -1.96. The number of aromatic nitrogens is 3. The van der Waals surface area contributed by atoms with Crippen LogP contribution in [0, 0.1) is 0 Å². The fourth-order valence-electron chi connectivity index (χ4n) is 1.31. The Labute approximate surface area is 97.8 Å². The Bertz CT molecular complexity index is 497. The highest BCUT2D eigenvalue weighted by molar-refractivity contribution is 6.32. The van der Waals surface area contributed by atoms with Crippen LogP contribution in [0.15, 0.2) is 24.4 Å². The zero-order valence-corrected chi connectivity index (χ0v) is 9.48. The molecule has 0 unspecified atom stereocenters. The van der Waals surface area contributed by atoms with Crippen molar-refractivity contribution in [1.29, 1.82) is 0 Å². The van der Waals surface area contributed by atoms with E-state index in [1.54, 1.807) is 30.1 Å². The molecule has 0 atom stereocenters. The van der Waals surface area contributed by atoms with Crippen LogP contribution in [0.5, 0.6) is 5.75 Å². The van der Waals surface area contributed by atoms with Crippen LogP contribution in [0.4, 0.5) is 0 Å². The zero-order valence-electron chi connectivity index (χ0n) is 8.72. The number of methoxy groups -OCH3 is 1. The van der Waals surface area contributed by atoms with Gasteiger partial charge in [0.1, 0.15) is 5.75 Å². The molecule has 0 aliphatic heterocycles. The Morgan fingerprint density at radius 1 is 1.50 bits per heavy atom. The number of nitrogens with zero attached hydrogens (tertiary/aromatic N) is 3. The van der Waals surface area contributed by atoms with Gasteiger partial charge in [-0.2, -0.15) is 0 Å². The standard InChI is InChI=1S/C10H11ClN4O/c1-16-10-4-8(2-3-9(10)11)15-6-7(5-12)13-14-15/h2-4,6H,5,12H2,1H3. The Balaban J connectivity index is 2.40. The lowest BCUT2D eigenvalue weighted by molar-refractivity contribution is 0.414. The highest BCUT2D eigenvalue weighted by Crippen LogP contribution is 2.26. The minimum atomic E-state index is 0.366. The molecule has 0 fully saturated rings. The van der Waals surface area contributed by atoms with Crippen molar-refractivity contribution in [2.75, 3.05) is 7.11 Å².